The van der Waals surface area contributed by atoms with E-state index in [1.165, 1.54) is 29.8 Å². The maximum atomic E-state index is 13.6. The first-order valence-electron chi connectivity index (χ1n) is 17.4. The number of aryl methyl sites for hydroxylation is 1. The van der Waals surface area contributed by atoms with Crippen LogP contribution in [0.4, 0.5) is 0 Å². The molecule has 2 aliphatic rings. The summed E-state index contributed by atoms with van der Waals surface area (Å²) in [5, 5.41) is 13.0. The fraction of sp³-hybridized carbons (Fsp3) is 0.250. The van der Waals surface area contributed by atoms with Crippen LogP contribution < -0.4 is 20.7 Å². The summed E-state index contributed by atoms with van der Waals surface area (Å²) in [6, 6.07) is 29.9. The van der Waals surface area contributed by atoms with Crippen LogP contribution in [0, 0.1) is 6.92 Å². The monoisotopic (exact) mass is 767 g/mol. The Morgan fingerprint density at radius 1 is 0.818 bits per heavy atom. The number of aromatic nitrogens is 2. The summed E-state index contributed by atoms with van der Waals surface area (Å²) in [7, 11) is -0.414. The normalized spacial score (nSPS) is 19.3. The maximum absolute atomic E-state index is 13.6. The predicted molar refractivity (Wildman–Crippen MR) is 200 cm³/mol. The van der Waals surface area contributed by atoms with Gasteiger partial charge in [0, 0.05) is 18.2 Å². The molecule has 2 amide bonds. The van der Waals surface area contributed by atoms with Gasteiger partial charge in [-0.1, -0.05) is 66.7 Å². The van der Waals surface area contributed by atoms with Crippen molar-refractivity contribution in [3.05, 3.63) is 164 Å². The number of nitrogens with zero attached hydrogens (tertiary/aromatic N) is 2. The fourth-order valence-electron chi connectivity index (χ4n) is 7.33. The number of nitrogens with one attached hydrogen (secondary N) is 1. The van der Waals surface area contributed by atoms with Crippen molar-refractivity contribution in [2.24, 2.45) is 0 Å². The number of hydrogen-bond donors (Lipinski definition) is 2. The van der Waals surface area contributed by atoms with Crippen LogP contribution >= 0.6 is 8.25 Å². The minimum atomic E-state index is -3.51. The van der Waals surface area contributed by atoms with Crippen molar-refractivity contribution in [2.75, 3.05) is 21.0 Å². The molecule has 0 bridgehead atoms. The number of amides is 2. The number of aromatic amines is 1. The summed E-state index contributed by atoms with van der Waals surface area (Å²) in [6.45, 7) is 0.877. The van der Waals surface area contributed by atoms with E-state index in [4.69, 9.17) is 23.3 Å². The van der Waals surface area contributed by atoms with Crippen molar-refractivity contribution in [1.29, 1.82) is 0 Å². The number of imide groups is 1. The number of hydrogen-bond acceptors (Lipinski definition) is 11. The number of H-pyrrole nitrogens is 1. The third-order valence-electron chi connectivity index (χ3n) is 10.1. The van der Waals surface area contributed by atoms with Crippen LogP contribution in [0.3, 0.4) is 0 Å². The lowest BCUT2D eigenvalue weighted by Gasteiger charge is -2.43. The highest BCUT2D eigenvalue weighted by Gasteiger charge is 2.53. The van der Waals surface area contributed by atoms with Crippen LogP contribution in [0.2, 0.25) is 0 Å². The van der Waals surface area contributed by atoms with E-state index in [0.29, 0.717) is 28.2 Å². The van der Waals surface area contributed by atoms with E-state index in [1.54, 1.807) is 50.6 Å². The number of ether oxygens (including phenoxy) is 3. The Labute approximate surface area is 315 Å². The van der Waals surface area contributed by atoms with Gasteiger partial charge in [-0.2, -0.15) is 0 Å². The number of fused-ring (bicyclic) bond motifs is 1. The molecule has 14 nitrogen and oxygen atoms in total. The number of rotatable bonds is 13. The highest BCUT2D eigenvalue weighted by atomic mass is 31.1. The van der Waals surface area contributed by atoms with Crippen LogP contribution in [0.15, 0.2) is 119 Å². The quantitative estimate of drug-likeness (QED) is 0.0974. The third-order valence-corrected chi connectivity index (χ3v) is 10.9. The lowest BCUT2D eigenvalue weighted by Crippen LogP contribution is -2.51. The molecule has 1 fully saturated rings. The van der Waals surface area contributed by atoms with Crippen molar-refractivity contribution in [1.82, 2.24) is 14.5 Å². The number of aliphatic hydroxyl groups excluding tert-OH is 1. The smallest absolute Gasteiger partial charge is 0.330 e. The van der Waals surface area contributed by atoms with Gasteiger partial charge >= 0.3 is 13.9 Å². The van der Waals surface area contributed by atoms with Gasteiger partial charge in [0.15, 0.2) is 0 Å². The van der Waals surface area contributed by atoms with Gasteiger partial charge in [-0.3, -0.25) is 33.0 Å². The van der Waals surface area contributed by atoms with Crippen LogP contribution in [0.1, 0.15) is 55.6 Å². The maximum Gasteiger partial charge on any atom is 0.330 e. The van der Waals surface area contributed by atoms with Gasteiger partial charge in [-0.05, 0) is 60.0 Å². The SMILES string of the molecule is COc1ccc(C(c2ccccc2)(c2ccc(OC)cc2)C(O)[C@H]2O[C@@H](n3cc(C)c(=O)[nH]c3=O)C[C@@H]2O[PH](=O)OCN2C(=O)c3ccccc3C2=O)cc1. The molecule has 0 saturated carbocycles. The van der Waals surface area contributed by atoms with E-state index in [9.17, 15) is 28.8 Å². The highest BCUT2D eigenvalue weighted by Crippen LogP contribution is 2.49. The van der Waals surface area contributed by atoms with Crippen molar-refractivity contribution >= 4 is 20.1 Å². The summed E-state index contributed by atoms with van der Waals surface area (Å²) >= 11 is 0. The average Bonchev–Trinajstić information content (AvgIpc) is 3.73. The zero-order chi connectivity index (χ0) is 38.9. The largest absolute Gasteiger partial charge is 0.497 e. The van der Waals surface area contributed by atoms with Crippen LogP contribution in [0.25, 0.3) is 0 Å². The molecule has 1 saturated heterocycles. The van der Waals surface area contributed by atoms with E-state index in [2.05, 4.69) is 4.98 Å². The van der Waals surface area contributed by atoms with E-state index in [1.807, 2.05) is 54.6 Å². The molecule has 2 aliphatic heterocycles. The fourth-order valence-corrected chi connectivity index (χ4v) is 8.11. The second-order valence-corrected chi connectivity index (χ2v) is 14.1. The summed E-state index contributed by atoms with van der Waals surface area (Å²) in [5.74, 6) is -0.0512. The molecule has 55 heavy (non-hydrogen) atoms. The standard InChI is InChI=1S/C40H38N3O11P/c1-24-22-42(39(48)41-36(24)45)33-21-32(54-55(49)52-23-43-37(46)30-11-7-8-12-31(30)38(43)47)34(53-33)35(44)40(25-9-5-4-6-10-25,26-13-17-28(50-2)18-14-26)27-15-19-29(51-3)20-16-27/h4-20,22,32-35,44,55H,21,23H2,1-3H3,(H,41,45,48)/t32-,33+,34-,35?/m0/s1. The van der Waals surface area contributed by atoms with Gasteiger partial charge in [0.25, 0.3) is 17.4 Å². The molecular formula is C40H38N3O11P. The molecule has 5 atom stereocenters. The Morgan fingerprint density at radius 3 is 1.89 bits per heavy atom. The summed E-state index contributed by atoms with van der Waals surface area (Å²) in [5.41, 5.74) is -0.174. The highest BCUT2D eigenvalue weighted by molar-refractivity contribution is 7.33. The topological polar surface area (TPSA) is 176 Å². The first kappa shape index (κ1) is 37.7. The lowest BCUT2D eigenvalue weighted by molar-refractivity contribution is -0.0948. The molecule has 15 heteroatoms. The first-order chi connectivity index (χ1) is 26.6. The van der Waals surface area contributed by atoms with E-state index in [-0.39, 0.29) is 23.1 Å². The van der Waals surface area contributed by atoms with Gasteiger partial charge in [-0.25, -0.2) is 9.69 Å². The minimum absolute atomic E-state index is 0.115. The molecule has 1 aromatic heterocycles. The number of carbonyl (C=O) groups is 2. The Morgan fingerprint density at radius 2 is 1.35 bits per heavy atom. The average molecular weight is 768 g/mol. The lowest BCUT2D eigenvalue weighted by atomic mass is 9.64. The van der Waals surface area contributed by atoms with Gasteiger partial charge in [-0.15, -0.1) is 0 Å². The van der Waals surface area contributed by atoms with Gasteiger partial charge in [0.2, 0.25) is 0 Å². The molecule has 0 spiro atoms. The summed E-state index contributed by atoms with van der Waals surface area (Å²) in [6.07, 6.45) is -3.87. The second kappa shape index (κ2) is 15.6. The summed E-state index contributed by atoms with van der Waals surface area (Å²) < 4.78 is 43.8. The third kappa shape index (κ3) is 6.95. The molecule has 7 rings (SSSR count). The Kier molecular flexibility index (Phi) is 10.7. The predicted octanol–water partition coefficient (Wildman–Crippen LogP) is 4.59. The Balaban J connectivity index is 1.30. The van der Waals surface area contributed by atoms with Gasteiger partial charge in [0.05, 0.1) is 30.8 Å². The second-order valence-electron chi connectivity index (χ2n) is 13.1. The van der Waals surface area contributed by atoms with E-state index in [0.717, 1.165) is 4.90 Å². The molecule has 284 valence electrons. The van der Waals surface area contributed by atoms with Crippen LogP contribution in [-0.2, 0) is 23.8 Å². The van der Waals surface area contributed by atoms with Crippen LogP contribution in [0.5, 0.6) is 11.5 Å². The first-order valence-corrected chi connectivity index (χ1v) is 18.6. The molecule has 5 aromatic rings. The van der Waals surface area contributed by atoms with Crippen molar-refractivity contribution < 1.29 is 42.5 Å². The zero-order valence-electron chi connectivity index (χ0n) is 30.0. The molecule has 2 N–H and O–H groups in total. The van der Waals surface area contributed by atoms with E-state index < -0.39 is 68.0 Å². The molecule has 3 heterocycles. The summed E-state index contributed by atoms with van der Waals surface area (Å²) in [4.78, 5) is 54.4. The molecule has 0 radical (unpaired) electrons. The number of carbonyl (C=O) groups excluding carboxylic acids is 2. The number of methoxy groups -OCH3 is 2. The zero-order valence-corrected chi connectivity index (χ0v) is 31.0. The minimum Gasteiger partial charge on any atom is -0.497 e. The Bertz CT molecular complexity index is 2260. The molecule has 0 aliphatic carbocycles. The molecule has 2 unspecified atom stereocenters. The Hall–Kier alpha value is -5.63. The van der Waals surface area contributed by atoms with Gasteiger partial charge in [0.1, 0.15) is 42.8 Å². The molecule has 4 aromatic carbocycles. The van der Waals surface area contributed by atoms with Gasteiger partial charge < -0.3 is 23.8 Å². The number of aliphatic hydroxyl groups is 1. The number of benzene rings is 4. The van der Waals surface area contributed by atoms with Crippen molar-refractivity contribution in [2.45, 2.75) is 43.3 Å². The van der Waals surface area contributed by atoms with E-state index >= 15 is 0 Å². The van der Waals surface area contributed by atoms with Crippen molar-refractivity contribution in [3.8, 4) is 11.5 Å². The van der Waals surface area contributed by atoms with Crippen LogP contribution in [-0.4, -0.2) is 70.6 Å². The molecular weight excluding hydrogens is 729 g/mol. The van der Waals surface area contributed by atoms with Crippen molar-refractivity contribution in [3.63, 3.8) is 0 Å².